The second-order valence-corrected chi connectivity index (χ2v) is 5.89. The molecule has 0 amide bonds. The van der Waals surface area contributed by atoms with E-state index in [-0.39, 0.29) is 6.23 Å². The van der Waals surface area contributed by atoms with E-state index >= 15 is 0 Å². The Bertz CT molecular complexity index is 617. The molecule has 0 radical (unpaired) electrons. The number of ether oxygens (including phenoxy) is 1. The van der Waals surface area contributed by atoms with Gasteiger partial charge in [-0.1, -0.05) is 12.1 Å². The average molecular weight is 316 g/mol. The van der Waals surface area contributed by atoms with Gasteiger partial charge in [0.05, 0.1) is 12.4 Å². The van der Waals surface area contributed by atoms with Gasteiger partial charge in [-0.15, -0.1) is 0 Å². The SMILES string of the molecule is NC1CC(CCc2ccc(Nc3ncc(F)cn3)cc2)CCO1. The zero-order chi connectivity index (χ0) is 16.1. The fourth-order valence-corrected chi connectivity index (χ4v) is 2.79. The first-order valence-corrected chi connectivity index (χ1v) is 7.90. The number of nitrogens with zero attached hydrogens (tertiary/aromatic N) is 2. The summed E-state index contributed by atoms with van der Waals surface area (Å²) in [5.41, 5.74) is 8.00. The summed E-state index contributed by atoms with van der Waals surface area (Å²) in [6, 6.07) is 8.14. The van der Waals surface area contributed by atoms with E-state index in [0.29, 0.717) is 11.9 Å². The van der Waals surface area contributed by atoms with Gasteiger partial charge in [0, 0.05) is 12.3 Å². The number of aryl methyl sites for hydroxylation is 1. The van der Waals surface area contributed by atoms with Crippen LogP contribution in [-0.4, -0.2) is 22.8 Å². The molecule has 1 saturated heterocycles. The maximum absolute atomic E-state index is 12.8. The van der Waals surface area contributed by atoms with E-state index in [0.717, 1.165) is 50.4 Å². The maximum atomic E-state index is 12.8. The minimum absolute atomic E-state index is 0.101. The van der Waals surface area contributed by atoms with Gasteiger partial charge in [0.2, 0.25) is 5.95 Å². The van der Waals surface area contributed by atoms with Crippen LogP contribution in [0.25, 0.3) is 0 Å². The minimum atomic E-state index is -0.446. The molecule has 1 aliphatic heterocycles. The lowest BCUT2D eigenvalue weighted by Gasteiger charge is -2.26. The molecule has 3 N–H and O–H groups in total. The number of anilines is 2. The molecule has 2 unspecified atom stereocenters. The summed E-state index contributed by atoms with van der Waals surface area (Å²) in [4.78, 5) is 7.76. The highest BCUT2D eigenvalue weighted by Gasteiger charge is 2.19. The Morgan fingerprint density at radius 1 is 1.22 bits per heavy atom. The van der Waals surface area contributed by atoms with Crippen molar-refractivity contribution in [3.05, 3.63) is 48.0 Å². The van der Waals surface area contributed by atoms with Crippen molar-refractivity contribution in [2.75, 3.05) is 11.9 Å². The van der Waals surface area contributed by atoms with Gasteiger partial charge in [0.15, 0.2) is 5.82 Å². The van der Waals surface area contributed by atoms with Crippen molar-refractivity contribution in [1.82, 2.24) is 9.97 Å². The van der Waals surface area contributed by atoms with Crippen LogP contribution in [0.1, 0.15) is 24.8 Å². The molecule has 0 saturated carbocycles. The Kier molecular flexibility index (Phi) is 5.15. The predicted molar refractivity (Wildman–Crippen MR) is 86.7 cm³/mol. The molecule has 5 nitrogen and oxygen atoms in total. The Balaban J connectivity index is 1.51. The van der Waals surface area contributed by atoms with E-state index in [1.807, 2.05) is 12.1 Å². The molecule has 0 aliphatic carbocycles. The van der Waals surface area contributed by atoms with Crippen LogP contribution < -0.4 is 11.1 Å². The molecular formula is C17H21FN4O. The highest BCUT2D eigenvalue weighted by Crippen LogP contribution is 2.23. The van der Waals surface area contributed by atoms with Crippen molar-refractivity contribution in [3.63, 3.8) is 0 Å². The Labute approximate surface area is 135 Å². The van der Waals surface area contributed by atoms with Crippen LogP contribution in [0.5, 0.6) is 0 Å². The van der Waals surface area contributed by atoms with Gasteiger partial charge >= 0.3 is 0 Å². The van der Waals surface area contributed by atoms with Gasteiger partial charge in [0.1, 0.15) is 6.23 Å². The summed E-state index contributed by atoms with van der Waals surface area (Å²) in [6.07, 6.45) is 6.38. The van der Waals surface area contributed by atoms with E-state index in [4.69, 9.17) is 10.5 Å². The van der Waals surface area contributed by atoms with Crippen LogP contribution in [0.15, 0.2) is 36.7 Å². The van der Waals surface area contributed by atoms with Crippen LogP contribution in [0.2, 0.25) is 0 Å². The monoisotopic (exact) mass is 316 g/mol. The average Bonchev–Trinajstić information content (AvgIpc) is 2.56. The van der Waals surface area contributed by atoms with E-state index < -0.39 is 5.82 Å². The molecule has 0 spiro atoms. The summed E-state index contributed by atoms with van der Waals surface area (Å²) in [5, 5.41) is 3.05. The number of halogens is 1. The molecule has 2 aromatic rings. The number of benzene rings is 1. The fourth-order valence-electron chi connectivity index (χ4n) is 2.79. The molecule has 1 aliphatic rings. The summed E-state index contributed by atoms with van der Waals surface area (Å²) >= 11 is 0. The first kappa shape index (κ1) is 15.8. The molecule has 2 atom stereocenters. The summed E-state index contributed by atoms with van der Waals surface area (Å²) < 4.78 is 18.1. The molecular weight excluding hydrogens is 295 g/mol. The minimum Gasteiger partial charge on any atom is -0.364 e. The van der Waals surface area contributed by atoms with Gasteiger partial charge in [-0.25, -0.2) is 14.4 Å². The molecule has 3 rings (SSSR count). The van der Waals surface area contributed by atoms with Crippen LogP contribution in [0, 0.1) is 11.7 Å². The number of aromatic nitrogens is 2. The maximum Gasteiger partial charge on any atom is 0.227 e. The smallest absolute Gasteiger partial charge is 0.227 e. The van der Waals surface area contributed by atoms with Gasteiger partial charge in [-0.3, -0.25) is 0 Å². The highest BCUT2D eigenvalue weighted by molar-refractivity contribution is 5.53. The van der Waals surface area contributed by atoms with Crippen LogP contribution in [0.4, 0.5) is 16.0 Å². The topological polar surface area (TPSA) is 73.1 Å². The largest absolute Gasteiger partial charge is 0.364 e. The predicted octanol–water partition coefficient (Wildman–Crippen LogP) is 3.00. The first-order valence-electron chi connectivity index (χ1n) is 7.90. The van der Waals surface area contributed by atoms with Crippen LogP contribution >= 0.6 is 0 Å². The van der Waals surface area contributed by atoms with Crippen molar-refractivity contribution in [1.29, 1.82) is 0 Å². The third-order valence-corrected chi connectivity index (χ3v) is 4.10. The van der Waals surface area contributed by atoms with Crippen LogP contribution in [0.3, 0.4) is 0 Å². The van der Waals surface area contributed by atoms with E-state index in [1.165, 1.54) is 5.56 Å². The summed E-state index contributed by atoms with van der Waals surface area (Å²) in [5.74, 6) is 0.582. The number of nitrogens with two attached hydrogens (primary N) is 1. The van der Waals surface area contributed by atoms with Gasteiger partial charge in [-0.05, 0) is 49.3 Å². The Morgan fingerprint density at radius 2 is 1.96 bits per heavy atom. The number of nitrogens with one attached hydrogen (secondary N) is 1. The van der Waals surface area contributed by atoms with E-state index in [9.17, 15) is 4.39 Å². The molecule has 1 aromatic heterocycles. The van der Waals surface area contributed by atoms with Crippen molar-refractivity contribution < 1.29 is 9.13 Å². The lowest BCUT2D eigenvalue weighted by molar-refractivity contribution is -0.00624. The third-order valence-electron chi connectivity index (χ3n) is 4.10. The number of hydrogen-bond donors (Lipinski definition) is 2. The Morgan fingerprint density at radius 3 is 2.65 bits per heavy atom. The van der Waals surface area contributed by atoms with Crippen molar-refractivity contribution >= 4 is 11.6 Å². The number of hydrogen-bond acceptors (Lipinski definition) is 5. The molecule has 23 heavy (non-hydrogen) atoms. The molecule has 1 aromatic carbocycles. The van der Waals surface area contributed by atoms with Crippen molar-refractivity contribution in [2.24, 2.45) is 11.7 Å². The molecule has 0 bridgehead atoms. The Hall–Kier alpha value is -2.05. The lowest BCUT2D eigenvalue weighted by Crippen LogP contribution is -2.32. The van der Waals surface area contributed by atoms with E-state index in [2.05, 4.69) is 27.4 Å². The molecule has 1 fully saturated rings. The molecule has 122 valence electrons. The second-order valence-electron chi connectivity index (χ2n) is 5.89. The fraction of sp³-hybridized carbons (Fsp3) is 0.412. The lowest BCUT2D eigenvalue weighted by atomic mass is 9.92. The summed E-state index contributed by atoms with van der Waals surface area (Å²) in [6.45, 7) is 0.770. The van der Waals surface area contributed by atoms with Gasteiger partial charge < -0.3 is 15.8 Å². The third kappa shape index (κ3) is 4.71. The molecule has 2 heterocycles. The van der Waals surface area contributed by atoms with Gasteiger partial charge in [0.25, 0.3) is 0 Å². The standard InChI is InChI=1S/C17H21FN4O/c18-14-10-20-17(21-11-14)22-15-5-3-12(4-6-15)1-2-13-7-8-23-16(19)9-13/h3-6,10-11,13,16H,1-2,7-9,19H2,(H,20,21,22). The van der Waals surface area contributed by atoms with Crippen LogP contribution in [-0.2, 0) is 11.2 Å². The number of rotatable bonds is 5. The normalized spacial score (nSPS) is 21.1. The first-order chi connectivity index (χ1) is 11.2. The second kappa shape index (κ2) is 7.48. The zero-order valence-corrected chi connectivity index (χ0v) is 12.9. The van der Waals surface area contributed by atoms with Crippen molar-refractivity contribution in [2.45, 2.75) is 31.9 Å². The zero-order valence-electron chi connectivity index (χ0n) is 12.9. The molecule has 6 heteroatoms. The van der Waals surface area contributed by atoms with Crippen molar-refractivity contribution in [3.8, 4) is 0 Å². The highest BCUT2D eigenvalue weighted by atomic mass is 19.1. The quantitative estimate of drug-likeness (QED) is 0.887. The van der Waals surface area contributed by atoms with E-state index in [1.54, 1.807) is 0 Å². The van der Waals surface area contributed by atoms with Gasteiger partial charge in [-0.2, -0.15) is 0 Å². The summed E-state index contributed by atoms with van der Waals surface area (Å²) in [7, 11) is 0.